The third kappa shape index (κ3) is 3.59. The molecule has 0 spiro atoms. The SMILES string of the molecule is Cc1nccnc1C(=O)N1CCC(O)(Cc2cccc(F)c2)CC1. The molecule has 6 heteroatoms. The highest BCUT2D eigenvalue weighted by Gasteiger charge is 2.35. The van der Waals surface area contributed by atoms with E-state index >= 15 is 0 Å². The summed E-state index contributed by atoms with van der Waals surface area (Å²) in [5.41, 5.74) is 0.806. The van der Waals surface area contributed by atoms with Gasteiger partial charge in [0.15, 0.2) is 0 Å². The van der Waals surface area contributed by atoms with E-state index in [4.69, 9.17) is 0 Å². The summed E-state index contributed by atoms with van der Waals surface area (Å²) < 4.78 is 13.3. The number of piperidine rings is 1. The molecule has 1 aromatic heterocycles. The van der Waals surface area contributed by atoms with Gasteiger partial charge >= 0.3 is 0 Å². The minimum Gasteiger partial charge on any atom is -0.389 e. The summed E-state index contributed by atoms with van der Waals surface area (Å²) in [6, 6.07) is 6.28. The summed E-state index contributed by atoms with van der Waals surface area (Å²) in [6.45, 7) is 2.64. The Morgan fingerprint density at radius 2 is 2.00 bits per heavy atom. The minimum absolute atomic E-state index is 0.159. The molecule has 126 valence electrons. The van der Waals surface area contributed by atoms with Crippen LogP contribution in [0.3, 0.4) is 0 Å². The summed E-state index contributed by atoms with van der Waals surface area (Å²) in [6.07, 6.45) is 4.35. The number of amides is 1. The maximum absolute atomic E-state index is 13.3. The smallest absolute Gasteiger partial charge is 0.274 e. The van der Waals surface area contributed by atoms with Crippen molar-refractivity contribution in [3.63, 3.8) is 0 Å². The van der Waals surface area contributed by atoms with E-state index in [9.17, 15) is 14.3 Å². The second-order valence-electron chi connectivity index (χ2n) is 6.31. The second kappa shape index (κ2) is 6.65. The molecule has 1 aliphatic rings. The van der Waals surface area contributed by atoms with Crippen LogP contribution in [0.15, 0.2) is 36.7 Å². The Bertz CT molecular complexity index is 743. The van der Waals surface area contributed by atoms with Crippen molar-refractivity contribution in [3.8, 4) is 0 Å². The van der Waals surface area contributed by atoms with Gasteiger partial charge in [-0.05, 0) is 37.5 Å². The van der Waals surface area contributed by atoms with E-state index in [1.165, 1.54) is 18.3 Å². The minimum atomic E-state index is -0.915. The van der Waals surface area contributed by atoms with Gasteiger partial charge in [-0.25, -0.2) is 9.37 Å². The monoisotopic (exact) mass is 329 g/mol. The lowest BCUT2D eigenvalue weighted by molar-refractivity contribution is -0.0164. The van der Waals surface area contributed by atoms with Crippen LogP contribution in [0.25, 0.3) is 0 Å². The van der Waals surface area contributed by atoms with Gasteiger partial charge < -0.3 is 10.0 Å². The van der Waals surface area contributed by atoms with Gasteiger partial charge in [-0.3, -0.25) is 9.78 Å². The topological polar surface area (TPSA) is 66.3 Å². The molecule has 0 atom stereocenters. The van der Waals surface area contributed by atoms with Crippen molar-refractivity contribution in [1.29, 1.82) is 0 Å². The largest absolute Gasteiger partial charge is 0.389 e. The van der Waals surface area contributed by atoms with Crippen molar-refractivity contribution >= 4 is 5.91 Å². The third-order valence-corrected chi connectivity index (χ3v) is 4.49. The number of benzene rings is 1. The summed E-state index contributed by atoms with van der Waals surface area (Å²) >= 11 is 0. The molecule has 1 saturated heterocycles. The van der Waals surface area contributed by atoms with Crippen LogP contribution in [-0.2, 0) is 6.42 Å². The predicted octanol–water partition coefficient (Wildman–Crippen LogP) is 2.13. The molecule has 2 aromatic rings. The molecule has 3 rings (SSSR count). The molecular weight excluding hydrogens is 309 g/mol. The van der Waals surface area contributed by atoms with Crippen LogP contribution in [0.4, 0.5) is 4.39 Å². The number of likely N-dealkylation sites (tertiary alicyclic amines) is 1. The van der Waals surface area contributed by atoms with Crippen LogP contribution in [-0.4, -0.2) is 44.6 Å². The Morgan fingerprint density at radius 1 is 1.29 bits per heavy atom. The zero-order valence-corrected chi connectivity index (χ0v) is 13.6. The van der Waals surface area contributed by atoms with Crippen molar-refractivity contribution in [2.75, 3.05) is 13.1 Å². The molecule has 0 saturated carbocycles. The predicted molar refractivity (Wildman–Crippen MR) is 87.0 cm³/mol. The van der Waals surface area contributed by atoms with E-state index in [1.54, 1.807) is 24.1 Å². The summed E-state index contributed by atoms with van der Waals surface area (Å²) in [5.74, 6) is -0.463. The van der Waals surface area contributed by atoms with Crippen LogP contribution in [0, 0.1) is 12.7 Å². The molecule has 1 N–H and O–H groups in total. The summed E-state index contributed by atoms with van der Waals surface area (Å²) in [4.78, 5) is 22.4. The first-order valence-electron chi connectivity index (χ1n) is 8.01. The fourth-order valence-corrected chi connectivity index (χ4v) is 3.10. The molecule has 1 aliphatic heterocycles. The van der Waals surface area contributed by atoms with Crippen molar-refractivity contribution < 1.29 is 14.3 Å². The van der Waals surface area contributed by atoms with E-state index in [0.717, 1.165) is 5.56 Å². The normalized spacial score (nSPS) is 16.9. The maximum atomic E-state index is 13.3. The number of aliphatic hydroxyl groups is 1. The van der Waals surface area contributed by atoms with Crippen molar-refractivity contribution in [3.05, 3.63) is 59.4 Å². The maximum Gasteiger partial charge on any atom is 0.274 e. The highest BCUT2D eigenvalue weighted by molar-refractivity contribution is 5.93. The molecular formula is C18H20FN3O2. The number of carbonyl (C=O) groups is 1. The molecule has 1 aromatic carbocycles. The van der Waals surface area contributed by atoms with E-state index in [1.807, 2.05) is 6.07 Å². The van der Waals surface area contributed by atoms with Crippen molar-refractivity contribution in [1.82, 2.24) is 14.9 Å². The lowest BCUT2D eigenvalue weighted by atomic mass is 9.85. The standard InChI is InChI=1S/C18H20FN3O2/c1-13-16(21-8-7-20-13)17(23)22-9-5-18(24,6-10-22)12-14-3-2-4-15(19)11-14/h2-4,7-8,11,24H,5-6,9-10,12H2,1H3. The van der Waals surface area contributed by atoms with Crippen LogP contribution < -0.4 is 0 Å². The molecule has 0 bridgehead atoms. The lowest BCUT2D eigenvalue weighted by Crippen LogP contribution is -2.48. The number of carbonyl (C=O) groups excluding carboxylic acids is 1. The second-order valence-corrected chi connectivity index (χ2v) is 6.31. The zero-order valence-electron chi connectivity index (χ0n) is 13.6. The molecule has 0 aliphatic carbocycles. The lowest BCUT2D eigenvalue weighted by Gasteiger charge is -2.38. The fraction of sp³-hybridized carbons (Fsp3) is 0.389. The summed E-state index contributed by atoms with van der Waals surface area (Å²) in [7, 11) is 0. The zero-order chi connectivity index (χ0) is 17.2. The number of aromatic nitrogens is 2. The van der Waals surface area contributed by atoms with Crippen LogP contribution in [0.1, 0.15) is 34.6 Å². The van der Waals surface area contributed by atoms with Gasteiger partial charge in [-0.15, -0.1) is 0 Å². The van der Waals surface area contributed by atoms with Crippen molar-refractivity contribution in [2.45, 2.75) is 31.8 Å². The van der Waals surface area contributed by atoms with E-state index in [2.05, 4.69) is 9.97 Å². The third-order valence-electron chi connectivity index (χ3n) is 4.49. The van der Waals surface area contributed by atoms with Crippen LogP contribution >= 0.6 is 0 Å². The Balaban J connectivity index is 1.65. The van der Waals surface area contributed by atoms with Crippen LogP contribution in [0.2, 0.25) is 0 Å². The van der Waals surface area contributed by atoms with Crippen LogP contribution in [0.5, 0.6) is 0 Å². The number of rotatable bonds is 3. The van der Waals surface area contributed by atoms with E-state index in [0.29, 0.717) is 43.7 Å². The average molecular weight is 329 g/mol. The first-order valence-corrected chi connectivity index (χ1v) is 8.01. The Morgan fingerprint density at radius 3 is 2.67 bits per heavy atom. The number of halogens is 1. The molecule has 0 unspecified atom stereocenters. The summed E-state index contributed by atoms with van der Waals surface area (Å²) in [5, 5.41) is 10.8. The number of nitrogens with zero attached hydrogens (tertiary/aromatic N) is 3. The van der Waals surface area contributed by atoms with Gasteiger partial charge in [0.1, 0.15) is 11.5 Å². The first-order chi connectivity index (χ1) is 11.5. The molecule has 0 radical (unpaired) electrons. The van der Waals surface area contributed by atoms with Gasteiger partial charge in [0, 0.05) is 31.9 Å². The average Bonchev–Trinajstić information content (AvgIpc) is 2.55. The highest BCUT2D eigenvalue weighted by Crippen LogP contribution is 2.27. The van der Waals surface area contributed by atoms with Gasteiger partial charge in [0.2, 0.25) is 0 Å². The van der Waals surface area contributed by atoms with Gasteiger partial charge in [0.05, 0.1) is 11.3 Å². The molecule has 24 heavy (non-hydrogen) atoms. The number of hydrogen-bond donors (Lipinski definition) is 1. The van der Waals surface area contributed by atoms with Gasteiger partial charge in [0.25, 0.3) is 5.91 Å². The molecule has 5 nitrogen and oxygen atoms in total. The Labute approximate surface area is 140 Å². The molecule has 2 heterocycles. The number of aryl methyl sites for hydroxylation is 1. The van der Waals surface area contributed by atoms with Gasteiger partial charge in [-0.2, -0.15) is 0 Å². The quantitative estimate of drug-likeness (QED) is 0.937. The first kappa shape index (κ1) is 16.5. The fourth-order valence-electron chi connectivity index (χ4n) is 3.10. The highest BCUT2D eigenvalue weighted by atomic mass is 19.1. The van der Waals surface area contributed by atoms with Gasteiger partial charge in [-0.1, -0.05) is 12.1 Å². The Kier molecular flexibility index (Phi) is 4.57. The van der Waals surface area contributed by atoms with E-state index in [-0.39, 0.29) is 11.7 Å². The van der Waals surface area contributed by atoms with E-state index < -0.39 is 5.60 Å². The molecule has 1 fully saturated rings. The Hall–Kier alpha value is -2.34. The molecule has 1 amide bonds. The van der Waals surface area contributed by atoms with Crippen molar-refractivity contribution in [2.24, 2.45) is 0 Å². The number of hydrogen-bond acceptors (Lipinski definition) is 4.